The first kappa shape index (κ1) is 17.6. The fourth-order valence-corrected chi connectivity index (χ4v) is 2.57. The van der Waals surface area contributed by atoms with Crippen LogP contribution in [-0.2, 0) is 0 Å². The van der Waals surface area contributed by atoms with Crippen LogP contribution in [-0.4, -0.2) is 37.5 Å². The van der Waals surface area contributed by atoms with Gasteiger partial charge in [0.25, 0.3) is 0 Å². The van der Waals surface area contributed by atoms with Crippen molar-refractivity contribution >= 4 is 24.0 Å². The molecule has 1 atom stereocenters. The zero-order chi connectivity index (χ0) is 13.8. The van der Waals surface area contributed by atoms with Crippen molar-refractivity contribution < 1.29 is 13.2 Å². The lowest BCUT2D eigenvalue weighted by atomic mass is 10.0. The molecule has 0 bridgehead atoms. The number of benzene rings is 1. The molecule has 0 saturated carbocycles. The van der Waals surface area contributed by atoms with Crippen molar-refractivity contribution in [1.82, 2.24) is 10.2 Å². The Morgan fingerprint density at radius 3 is 2.45 bits per heavy atom. The zero-order valence-corrected chi connectivity index (χ0v) is 12.4. The molecule has 1 N–H and O–H groups in total. The molecule has 1 saturated heterocycles. The highest BCUT2D eigenvalue weighted by Crippen LogP contribution is 2.30. The Kier molecular flexibility index (Phi) is 7.09. The van der Waals surface area contributed by atoms with E-state index >= 15 is 0 Å². The maximum Gasteiger partial charge on any atom is 0.240 e. The zero-order valence-electron chi connectivity index (χ0n) is 10.8. The summed E-state index contributed by atoms with van der Waals surface area (Å²) in [7, 11) is 0. The topological polar surface area (TPSA) is 15.3 Å². The standard InChI is InChI=1S/C13H16ClF3N2.ClH/c14-9-1-2-10(11(15)7-9)12(8-13(16)17)19-5-3-18-4-6-19;/h1-2,7,12-13,18H,3-6,8H2;1H/t12-;/m1./s1. The van der Waals surface area contributed by atoms with E-state index < -0.39 is 18.3 Å². The van der Waals surface area contributed by atoms with Gasteiger partial charge in [-0.1, -0.05) is 17.7 Å². The van der Waals surface area contributed by atoms with Crippen molar-refractivity contribution in [3.8, 4) is 0 Å². The van der Waals surface area contributed by atoms with Crippen molar-refractivity contribution in [3.63, 3.8) is 0 Å². The van der Waals surface area contributed by atoms with Gasteiger partial charge in [0.1, 0.15) is 5.82 Å². The monoisotopic (exact) mass is 328 g/mol. The normalized spacial score (nSPS) is 17.9. The van der Waals surface area contributed by atoms with Gasteiger partial charge in [-0.15, -0.1) is 12.4 Å². The average Bonchev–Trinajstić information content (AvgIpc) is 2.37. The smallest absolute Gasteiger partial charge is 0.240 e. The first-order valence-corrected chi connectivity index (χ1v) is 6.63. The SMILES string of the molecule is Cl.Fc1cc(Cl)ccc1[C@@H](CC(F)F)N1CCNCC1. The molecule has 0 amide bonds. The van der Waals surface area contributed by atoms with E-state index in [2.05, 4.69) is 5.32 Å². The van der Waals surface area contributed by atoms with Crippen LogP contribution in [0.5, 0.6) is 0 Å². The van der Waals surface area contributed by atoms with E-state index in [9.17, 15) is 13.2 Å². The molecule has 1 aromatic carbocycles. The minimum absolute atomic E-state index is 0. The van der Waals surface area contributed by atoms with Gasteiger partial charge in [-0.05, 0) is 12.1 Å². The second-order valence-electron chi connectivity index (χ2n) is 4.59. The molecule has 2 rings (SSSR count). The number of nitrogens with zero attached hydrogens (tertiary/aromatic N) is 1. The fourth-order valence-electron chi connectivity index (χ4n) is 2.41. The molecule has 20 heavy (non-hydrogen) atoms. The van der Waals surface area contributed by atoms with Crippen molar-refractivity contribution in [2.45, 2.75) is 18.9 Å². The van der Waals surface area contributed by atoms with Gasteiger partial charge in [0.05, 0.1) is 0 Å². The Morgan fingerprint density at radius 2 is 1.90 bits per heavy atom. The first-order valence-electron chi connectivity index (χ1n) is 6.26. The Morgan fingerprint density at radius 1 is 1.25 bits per heavy atom. The summed E-state index contributed by atoms with van der Waals surface area (Å²) < 4.78 is 39.4. The van der Waals surface area contributed by atoms with Crippen LogP contribution in [0, 0.1) is 5.82 Å². The summed E-state index contributed by atoms with van der Waals surface area (Å²) in [6, 6.07) is 3.63. The third kappa shape index (κ3) is 4.52. The minimum Gasteiger partial charge on any atom is -0.314 e. The molecule has 2 nitrogen and oxygen atoms in total. The predicted octanol–water partition coefficient (Wildman–Crippen LogP) is 3.50. The average molecular weight is 329 g/mol. The van der Waals surface area contributed by atoms with Crippen molar-refractivity contribution in [1.29, 1.82) is 0 Å². The van der Waals surface area contributed by atoms with Gasteiger partial charge in [-0.3, -0.25) is 4.90 Å². The molecule has 0 radical (unpaired) electrons. The van der Waals surface area contributed by atoms with Crippen LogP contribution in [0.2, 0.25) is 5.02 Å². The van der Waals surface area contributed by atoms with E-state index in [4.69, 9.17) is 11.6 Å². The van der Waals surface area contributed by atoms with Crippen LogP contribution in [0.1, 0.15) is 18.0 Å². The molecule has 114 valence electrons. The lowest BCUT2D eigenvalue weighted by molar-refractivity contribution is 0.0725. The molecule has 1 aromatic rings. The summed E-state index contributed by atoms with van der Waals surface area (Å²) in [6.07, 6.45) is -2.83. The number of nitrogens with one attached hydrogen (secondary N) is 1. The van der Waals surface area contributed by atoms with E-state index in [1.54, 1.807) is 6.07 Å². The molecule has 1 aliphatic rings. The summed E-state index contributed by atoms with van der Waals surface area (Å²) in [5, 5.41) is 3.43. The van der Waals surface area contributed by atoms with Crippen LogP contribution < -0.4 is 5.32 Å². The summed E-state index contributed by atoms with van der Waals surface area (Å²) in [6.45, 7) is 2.74. The van der Waals surface area contributed by atoms with Gasteiger partial charge >= 0.3 is 0 Å². The fraction of sp³-hybridized carbons (Fsp3) is 0.538. The van der Waals surface area contributed by atoms with Gasteiger partial charge in [-0.25, -0.2) is 13.2 Å². The second-order valence-corrected chi connectivity index (χ2v) is 5.03. The molecule has 0 aromatic heterocycles. The Labute approximate surface area is 127 Å². The van der Waals surface area contributed by atoms with Crippen molar-refractivity contribution in [2.75, 3.05) is 26.2 Å². The van der Waals surface area contributed by atoms with Crippen LogP contribution in [0.15, 0.2) is 18.2 Å². The van der Waals surface area contributed by atoms with E-state index in [1.165, 1.54) is 12.1 Å². The third-order valence-electron chi connectivity index (χ3n) is 3.32. The summed E-state index contributed by atoms with van der Waals surface area (Å²) in [5.74, 6) is -0.517. The van der Waals surface area contributed by atoms with Gasteiger partial charge in [0.15, 0.2) is 0 Å². The molecule has 0 unspecified atom stereocenters. The van der Waals surface area contributed by atoms with Gasteiger partial charge in [0.2, 0.25) is 6.43 Å². The highest BCUT2D eigenvalue weighted by Gasteiger charge is 2.27. The maximum atomic E-state index is 13.9. The van der Waals surface area contributed by atoms with Gasteiger partial charge in [-0.2, -0.15) is 0 Å². The first-order chi connectivity index (χ1) is 9.08. The van der Waals surface area contributed by atoms with Crippen LogP contribution >= 0.6 is 24.0 Å². The summed E-state index contributed by atoms with van der Waals surface area (Å²) >= 11 is 5.70. The largest absolute Gasteiger partial charge is 0.314 e. The van der Waals surface area contributed by atoms with Gasteiger partial charge < -0.3 is 5.32 Å². The second kappa shape index (κ2) is 8.08. The number of hydrogen-bond donors (Lipinski definition) is 1. The molecule has 7 heteroatoms. The molecule has 0 aliphatic carbocycles. The summed E-state index contributed by atoms with van der Waals surface area (Å²) in [4.78, 5) is 1.90. The molecular weight excluding hydrogens is 312 g/mol. The van der Waals surface area contributed by atoms with E-state index in [-0.39, 0.29) is 23.9 Å². The Hall–Kier alpha value is -0.490. The van der Waals surface area contributed by atoms with E-state index in [0.29, 0.717) is 18.7 Å². The number of hydrogen-bond acceptors (Lipinski definition) is 2. The van der Waals surface area contributed by atoms with Crippen molar-refractivity contribution in [3.05, 3.63) is 34.6 Å². The Balaban J connectivity index is 0.00000200. The quantitative estimate of drug-likeness (QED) is 0.910. The third-order valence-corrected chi connectivity index (χ3v) is 3.55. The predicted molar refractivity (Wildman–Crippen MR) is 76.5 cm³/mol. The van der Waals surface area contributed by atoms with Crippen LogP contribution in [0.4, 0.5) is 13.2 Å². The lowest BCUT2D eigenvalue weighted by Crippen LogP contribution is -2.45. The minimum atomic E-state index is -2.46. The van der Waals surface area contributed by atoms with Crippen LogP contribution in [0.25, 0.3) is 0 Å². The number of piperazine rings is 1. The molecule has 1 heterocycles. The molecule has 0 spiro atoms. The van der Waals surface area contributed by atoms with E-state index in [0.717, 1.165) is 13.1 Å². The summed E-state index contributed by atoms with van der Waals surface area (Å²) in [5.41, 5.74) is 0.298. The number of alkyl halides is 2. The number of rotatable bonds is 4. The van der Waals surface area contributed by atoms with Gasteiger partial charge in [0, 0.05) is 49.2 Å². The molecular formula is C13H17Cl2F3N2. The molecule has 1 fully saturated rings. The highest BCUT2D eigenvalue weighted by molar-refractivity contribution is 6.30. The lowest BCUT2D eigenvalue weighted by Gasteiger charge is -2.35. The molecule has 1 aliphatic heterocycles. The van der Waals surface area contributed by atoms with Crippen molar-refractivity contribution in [2.24, 2.45) is 0 Å². The Bertz CT molecular complexity index is 426. The maximum absolute atomic E-state index is 13.9. The number of halogens is 5. The van der Waals surface area contributed by atoms with E-state index in [1.807, 2.05) is 4.90 Å². The van der Waals surface area contributed by atoms with Crippen LogP contribution in [0.3, 0.4) is 0 Å². The highest BCUT2D eigenvalue weighted by atomic mass is 35.5.